The van der Waals surface area contributed by atoms with Crippen molar-refractivity contribution in [3.8, 4) is 46.0 Å². The third-order valence-electron chi connectivity index (χ3n) is 16.1. The Bertz CT molecular complexity index is 3730. The molecule has 80 heavy (non-hydrogen) atoms. The van der Waals surface area contributed by atoms with Gasteiger partial charge in [0.1, 0.15) is 59.7 Å². The smallest absolute Gasteiger partial charge is 0.319 e. The second-order valence-corrected chi connectivity index (χ2v) is 22.1. The number of hydrogen-bond acceptors (Lipinski definition) is 15. The lowest BCUT2D eigenvalue weighted by molar-refractivity contribution is -0.142. The molecular formula is C59H64FN13O7. The van der Waals surface area contributed by atoms with Crippen molar-refractivity contribution in [2.75, 3.05) is 44.9 Å². The first-order valence-corrected chi connectivity index (χ1v) is 27.4. The fraction of sp³-hybridized carbons (Fsp3) is 0.424. The minimum Gasteiger partial charge on any atom is -0.486 e. The predicted molar refractivity (Wildman–Crippen MR) is 297 cm³/mol. The molecule has 4 fully saturated rings. The van der Waals surface area contributed by atoms with Gasteiger partial charge in [-0.3, -0.25) is 14.7 Å². The van der Waals surface area contributed by atoms with Gasteiger partial charge in [0.15, 0.2) is 5.75 Å². The highest BCUT2D eigenvalue weighted by atomic mass is 19.1. The Morgan fingerprint density at radius 1 is 1.00 bits per heavy atom. The molecule has 21 heteroatoms. The highest BCUT2D eigenvalue weighted by molar-refractivity contribution is 6.06. The number of aromatic amines is 1. The fourth-order valence-corrected chi connectivity index (χ4v) is 11.7. The summed E-state index contributed by atoms with van der Waals surface area (Å²) in [5.74, 6) is 5.87. The number of piperazine rings is 1. The number of nitrogens with zero attached hydrogens (tertiary/aromatic N) is 10. The highest BCUT2D eigenvalue weighted by Gasteiger charge is 2.44. The molecule has 4 aromatic carbocycles. The third-order valence-corrected chi connectivity index (χ3v) is 16.1. The van der Waals surface area contributed by atoms with Crippen molar-refractivity contribution in [3.63, 3.8) is 0 Å². The number of amides is 2. The average Bonchev–Trinajstić information content (AvgIpc) is 4.20. The van der Waals surface area contributed by atoms with Crippen molar-refractivity contribution in [3.05, 3.63) is 101 Å². The van der Waals surface area contributed by atoms with Crippen LogP contribution in [0, 0.1) is 30.5 Å². The fourth-order valence-electron chi connectivity index (χ4n) is 11.7. The van der Waals surface area contributed by atoms with Crippen LogP contribution in [0.25, 0.3) is 55.2 Å². The molecule has 3 aliphatic heterocycles. The second-order valence-electron chi connectivity index (χ2n) is 22.1. The van der Waals surface area contributed by atoms with Crippen LogP contribution in [0.2, 0.25) is 0 Å². The molecule has 7 heterocycles. The van der Waals surface area contributed by atoms with Crippen LogP contribution in [0.5, 0.6) is 11.8 Å². The van der Waals surface area contributed by atoms with Crippen molar-refractivity contribution in [1.29, 1.82) is 0 Å². The van der Waals surface area contributed by atoms with Crippen LogP contribution in [0.3, 0.4) is 0 Å². The molecule has 1 aliphatic carbocycles. The largest absolute Gasteiger partial charge is 0.486 e. The van der Waals surface area contributed by atoms with Gasteiger partial charge in [-0.15, -0.1) is 5.10 Å². The van der Waals surface area contributed by atoms with Gasteiger partial charge in [-0.05, 0) is 85.9 Å². The molecule has 3 saturated heterocycles. The molecule has 4 aliphatic rings. The molecule has 20 nitrogen and oxygen atoms in total. The number of imidazole rings is 1. The number of aliphatic hydroxyl groups is 2. The van der Waals surface area contributed by atoms with E-state index < -0.39 is 42.7 Å². The molecule has 2 bridgehead atoms. The van der Waals surface area contributed by atoms with E-state index in [9.17, 15) is 19.8 Å². The number of carbonyl (C=O) groups is 2. The number of benzene rings is 4. The number of aliphatic hydroxyl groups excluding tert-OH is 2. The van der Waals surface area contributed by atoms with Crippen LogP contribution in [0.4, 0.5) is 10.2 Å². The number of carbonyl (C=O) groups excluding carboxylic acids is 2. The number of hydrogen-bond donors (Lipinski definition) is 5. The first-order chi connectivity index (χ1) is 38.7. The van der Waals surface area contributed by atoms with E-state index in [0.717, 1.165) is 76.7 Å². The minimum atomic E-state index is -1.02. The summed E-state index contributed by atoms with van der Waals surface area (Å²) in [6, 6.07) is 15.0. The number of anilines is 1. The summed E-state index contributed by atoms with van der Waals surface area (Å²) >= 11 is 0. The van der Waals surface area contributed by atoms with Crippen molar-refractivity contribution in [2.24, 2.45) is 13.0 Å². The van der Waals surface area contributed by atoms with Crippen LogP contribution in [-0.2, 0) is 28.0 Å². The summed E-state index contributed by atoms with van der Waals surface area (Å²) < 4.78 is 38.4. The number of β-amino-alcohol motifs (C(OH)–C–C–N with tert-alkyl or cyclic N) is 1. The summed E-state index contributed by atoms with van der Waals surface area (Å²) in [6.07, 6.45) is 6.93. The summed E-state index contributed by atoms with van der Waals surface area (Å²) in [5.41, 5.74) is 8.40. The first kappa shape index (κ1) is 52.7. The minimum absolute atomic E-state index is 0.0117. The Kier molecular flexibility index (Phi) is 14.2. The SMILES string of the molecule is CO[C@@H](C)COc1nc(N2C[C@@H]3C[C@H]2CN3)c2cc(C3CC3)c(-c3c(C)c(F)cc4[nH]ncc34)c(OCc3ccc(-c4cn([C@H](C(=O)N5C[C@H](O)C[C@H]5C(=O)N[C@H](C#Cc5cccc6c5ncn6C)CO)C(C)C)nn4)cc3)c2n1. The van der Waals surface area contributed by atoms with Crippen molar-refractivity contribution in [2.45, 2.75) is 108 Å². The van der Waals surface area contributed by atoms with E-state index in [4.69, 9.17) is 24.2 Å². The van der Waals surface area contributed by atoms with Crippen molar-refractivity contribution >= 4 is 50.5 Å². The Labute approximate surface area is 461 Å². The normalized spacial score (nSPS) is 20.0. The number of nitrogens with one attached hydrogen (secondary N) is 3. The zero-order valence-electron chi connectivity index (χ0n) is 45.5. The maximum Gasteiger partial charge on any atom is 0.319 e. The molecular weight excluding hydrogens is 1020 g/mol. The van der Waals surface area contributed by atoms with E-state index in [-0.39, 0.29) is 62.0 Å². The van der Waals surface area contributed by atoms with Gasteiger partial charge in [0, 0.05) is 79.8 Å². The summed E-state index contributed by atoms with van der Waals surface area (Å²) in [4.78, 5) is 46.9. The number of methoxy groups -OCH3 is 1. The quantitative estimate of drug-likeness (QED) is 0.0671. The number of ether oxygens (including phenoxy) is 3. The Hall–Kier alpha value is -8.03. The number of para-hydroxylation sites is 1. The maximum atomic E-state index is 16.1. The van der Waals surface area contributed by atoms with E-state index >= 15 is 4.39 Å². The lowest BCUT2D eigenvalue weighted by Crippen LogP contribution is -2.51. The number of rotatable bonds is 17. The summed E-state index contributed by atoms with van der Waals surface area (Å²) in [6.45, 7) is 8.93. The number of H-pyrrole nitrogens is 1. The number of fused-ring (bicyclic) bond motifs is 5. The highest BCUT2D eigenvalue weighted by Crippen LogP contribution is 2.53. The van der Waals surface area contributed by atoms with Gasteiger partial charge in [0.25, 0.3) is 0 Å². The topological polar surface area (TPSA) is 236 Å². The van der Waals surface area contributed by atoms with Gasteiger partial charge >= 0.3 is 6.01 Å². The molecule has 7 atom stereocenters. The number of aryl methyl sites for hydroxylation is 1. The molecule has 5 N–H and O–H groups in total. The number of halogens is 1. The molecule has 2 amide bonds. The molecule has 12 rings (SSSR count). The molecule has 1 saturated carbocycles. The molecule has 4 aromatic heterocycles. The van der Waals surface area contributed by atoms with E-state index in [1.807, 2.05) is 74.9 Å². The summed E-state index contributed by atoms with van der Waals surface area (Å²) in [5, 5.41) is 45.4. The number of likely N-dealkylation sites (tertiary alicyclic amines) is 1. The Morgan fingerprint density at radius 2 is 1.82 bits per heavy atom. The standard InChI is InChI=1S/C59H64FN13O7/c1-31(2)54(58(77)72-25-41(75)19-49(72)57(76)64-38(27-74)17-16-37-8-7-9-48-52(37)62-30-70(48)5)73-26-47(68-69-73)36-12-10-34(11-13-36)29-79-55-51(50-33(4)45(60)21-46-44(50)23-63-67-46)42(35-14-15-35)20-43-53(55)65-59(80-28-32(3)78-6)66-56(43)71-24-39-18-40(71)22-61-39/h7-13,20-21,23,26,30-32,35,38-41,49,54,61,74-75H,14-15,18-19,22,24-25,27-29H2,1-6H3,(H,63,67)(H,64,76)/t32-,38+,39-,40-,41+,49-,54-/m0/s1. The molecule has 0 radical (unpaired) electrons. The third kappa shape index (κ3) is 9.94. The maximum absolute atomic E-state index is 16.1. The molecule has 414 valence electrons. The van der Waals surface area contributed by atoms with Gasteiger partial charge in [-0.1, -0.05) is 61.2 Å². The van der Waals surface area contributed by atoms with Gasteiger partial charge in [0.2, 0.25) is 11.8 Å². The lowest BCUT2D eigenvalue weighted by Gasteiger charge is -2.30. The van der Waals surface area contributed by atoms with Crippen molar-refractivity contribution in [1.82, 2.24) is 60.2 Å². The van der Waals surface area contributed by atoms with Crippen molar-refractivity contribution < 1.29 is 38.4 Å². The van der Waals surface area contributed by atoms with Crippen LogP contribution < -0.4 is 25.0 Å². The van der Waals surface area contributed by atoms with Crippen LogP contribution >= 0.6 is 0 Å². The van der Waals surface area contributed by atoms with E-state index in [0.29, 0.717) is 50.7 Å². The zero-order chi connectivity index (χ0) is 55.5. The lowest BCUT2D eigenvalue weighted by atomic mass is 9.88. The average molecular weight is 1090 g/mol. The first-order valence-electron chi connectivity index (χ1n) is 27.4. The van der Waals surface area contributed by atoms with Gasteiger partial charge in [-0.25, -0.2) is 14.1 Å². The predicted octanol–water partition coefficient (Wildman–Crippen LogP) is 5.87. The van der Waals surface area contributed by atoms with Crippen LogP contribution in [0.15, 0.2) is 73.3 Å². The second kappa shape index (κ2) is 21.6. The molecule has 8 aromatic rings. The number of aromatic nitrogens is 9. The van der Waals surface area contributed by atoms with E-state index in [1.54, 1.807) is 32.8 Å². The summed E-state index contributed by atoms with van der Waals surface area (Å²) in [7, 11) is 3.52. The van der Waals surface area contributed by atoms with E-state index in [2.05, 4.69) is 58.9 Å². The van der Waals surface area contributed by atoms with Crippen LogP contribution in [-0.4, -0.2) is 148 Å². The van der Waals surface area contributed by atoms with Crippen LogP contribution in [0.1, 0.15) is 80.7 Å². The molecule has 0 unspecified atom stereocenters. The Morgan fingerprint density at radius 3 is 2.56 bits per heavy atom. The van der Waals surface area contributed by atoms with Gasteiger partial charge in [-0.2, -0.15) is 15.1 Å². The monoisotopic (exact) mass is 1090 g/mol. The Balaban J connectivity index is 0.826. The zero-order valence-corrected chi connectivity index (χ0v) is 45.5. The van der Waals surface area contributed by atoms with Gasteiger partial charge < -0.3 is 49.4 Å². The van der Waals surface area contributed by atoms with E-state index in [1.165, 1.54) is 15.6 Å². The van der Waals surface area contributed by atoms with Gasteiger partial charge in [0.05, 0.1) is 54.1 Å². The molecule has 0 spiro atoms.